The van der Waals surface area contributed by atoms with Crippen LogP contribution in [0.1, 0.15) is 26.7 Å². The Balaban J connectivity index is 3.46. The first-order valence-corrected chi connectivity index (χ1v) is 6.13. The van der Waals surface area contributed by atoms with E-state index in [2.05, 4.69) is 50.1 Å². The number of likely N-dealkylation sites (N-methyl/N-ethyl adjacent to an activating group) is 2. The van der Waals surface area contributed by atoms with Gasteiger partial charge in [0.05, 0.1) is 0 Å². The predicted octanol–water partition coefficient (Wildman–Crippen LogP) is 1.26. The molecule has 0 saturated carbocycles. The van der Waals surface area contributed by atoms with Crippen LogP contribution in [-0.4, -0.2) is 63.2 Å². The van der Waals surface area contributed by atoms with Crippen LogP contribution in [0.3, 0.4) is 0 Å². The van der Waals surface area contributed by atoms with Crippen molar-refractivity contribution in [2.45, 2.75) is 32.7 Å². The zero-order valence-corrected chi connectivity index (χ0v) is 11.2. The fourth-order valence-corrected chi connectivity index (χ4v) is 1.50. The third-order valence-corrected chi connectivity index (χ3v) is 2.88. The van der Waals surface area contributed by atoms with Crippen molar-refractivity contribution < 1.29 is 0 Å². The first kappa shape index (κ1) is 14.9. The van der Waals surface area contributed by atoms with Crippen molar-refractivity contribution >= 4 is 0 Å². The molecular formula is C12H29N3. The summed E-state index contributed by atoms with van der Waals surface area (Å²) < 4.78 is 0. The zero-order chi connectivity index (χ0) is 11.7. The van der Waals surface area contributed by atoms with E-state index in [1.54, 1.807) is 0 Å². The van der Waals surface area contributed by atoms with Crippen LogP contribution in [0.25, 0.3) is 0 Å². The molecule has 0 rings (SSSR count). The van der Waals surface area contributed by atoms with Crippen molar-refractivity contribution in [1.82, 2.24) is 15.1 Å². The predicted molar refractivity (Wildman–Crippen MR) is 68.4 cm³/mol. The molecule has 15 heavy (non-hydrogen) atoms. The van der Waals surface area contributed by atoms with Crippen LogP contribution in [0, 0.1) is 0 Å². The summed E-state index contributed by atoms with van der Waals surface area (Å²) in [5, 5.41) is 3.37. The summed E-state index contributed by atoms with van der Waals surface area (Å²) in [6.45, 7) is 9.03. The molecule has 0 aliphatic rings. The van der Waals surface area contributed by atoms with Crippen molar-refractivity contribution in [1.29, 1.82) is 0 Å². The Kier molecular flexibility index (Phi) is 9.06. The summed E-state index contributed by atoms with van der Waals surface area (Å²) >= 11 is 0. The molecule has 1 unspecified atom stereocenters. The Labute approximate surface area is 95.8 Å². The van der Waals surface area contributed by atoms with E-state index in [-0.39, 0.29) is 0 Å². The molecular weight excluding hydrogens is 186 g/mol. The third kappa shape index (κ3) is 8.85. The van der Waals surface area contributed by atoms with Crippen LogP contribution in [0.5, 0.6) is 0 Å². The molecule has 0 aromatic rings. The number of rotatable bonds is 9. The van der Waals surface area contributed by atoms with Crippen molar-refractivity contribution in [2.24, 2.45) is 0 Å². The van der Waals surface area contributed by atoms with Gasteiger partial charge in [0.1, 0.15) is 0 Å². The van der Waals surface area contributed by atoms with E-state index < -0.39 is 0 Å². The van der Waals surface area contributed by atoms with E-state index >= 15 is 0 Å². The smallest absolute Gasteiger partial charge is 0.0109 e. The Hall–Kier alpha value is -0.120. The lowest BCUT2D eigenvalue weighted by molar-refractivity contribution is 0.218. The minimum atomic E-state index is 0.698. The molecule has 0 aromatic heterocycles. The van der Waals surface area contributed by atoms with Crippen LogP contribution in [0.15, 0.2) is 0 Å². The monoisotopic (exact) mass is 215 g/mol. The van der Waals surface area contributed by atoms with E-state index in [1.165, 1.54) is 12.8 Å². The standard InChI is InChI=1S/C12H29N3/c1-6-13-9-7-8-12(2)15(5)11-10-14(3)4/h12-13H,6-11H2,1-5H3. The first-order chi connectivity index (χ1) is 7.07. The van der Waals surface area contributed by atoms with Gasteiger partial charge in [-0.05, 0) is 54.0 Å². The summed E-state index contributed by atoms with van der Waals surface area (Å²) in [5.74, 6) is 0. The zero-order valence-electron chi connectivity index (χ0n) is 11.2. The largest absolute Gasteiger partial charge is 0.317 e. The normalized spacial score (nSPS) is 13.8. The van der Waals surface area contributed by atoms with Crippen molar-refractivity contribution in [3.05, 3.63) is 0 Å². The maximum Gasteiger partial charge on any atom is 0.0109 e. The topological polar surface area (TPSA) is 18.5 Å². The number of hydrogen-bond donors (Lipinski definition) is 1. The highest BCUT2D eigenvalue weighted by Crippen LogP contribution is 2.03. The average molecular weight is 215 g/mol. The van der Waals surface area contributed by atoms with Gasteiger partial charge in [-0.1, -0.05) is 6.92 Å². The van der Waals surface area contributed by atoms with Gasteiger partial charge < -0.3 is 15.1 Å². The second-order valence-electron chi connectivity index (χ2n) is 4.63. The highest BCUT2D eigenvalue weighted by atomic mass is 15.2. The second-order valence-corrected chi connectivity index (χ2v) is 4.63. The minimum absolute atomic E-state index is 0.698. The quantitative estimate of drug-likeness (QED) is 0.584. The molecule has 1 N–H and O–H groups in total. The maximum absolute atomic E-state index is 3.37. The van der Waals surface area contributed by atoms with E-state index in [1.807, 2.05) is 0 Å². The van der Waals surface area contributed by atoms with E-state index in [9.17, 15) is 0 Å². The van der Waals surface area contributed by atoms with Gasteiger partial charge in [-0.2, -0.15) is 0 Å². The highest BCUT2D eigenvalue weighted by molar-refractivity contribution is 4.65. The molecule has 0 radical (unpaired) electrons. The Bertz CT molecular complexity index is 137. The van der Waals surface area contributed by atoms with E-state index in [0.717, 1.165) is 26.2 Å². The van der Waals surface area contributed by atoms with Crippen LogP contribution in [0.2, 0.25) is 0 Å². The molecule has 0 aliphatic heterocycles. The van der Waals surface area contributed by atoms with E-state index in [4.69, 9.17) is 0 Å². The minimum Gasteiger partial charge on any atom is -0.317 e. The molecule has 0 aliphatic carbocycles. The van der Waals surface area contributed by atoms with Gasteiger partial charge in [-0.25, -0.2) is 0 Å². The van der Waals surface area contributed by atoms with Gasteiger partial charge in [0.2, 0.25) is 0 Å². The van der Waals surface area contributed by atoms with Gasteiger partial charge in [0, 0.05) is 19.1 Å². The fourth-order valence-electron chi connectivity index (χ4n) is 1.50. The van der Waals surface area contributed by atoms with Crippen molar-refractivity contribution in [3.8, 4) is 0 Å². The molecule has 0 spiro atoms. The van der Waals surface area contributed by atoms with Gasteiger partial charge in [0.25, 0.3) is 0 Å². The van der Waals surface area contributed by atoms with Crippen molar-refractivity contribution in [2.75, 3.05) is 47.3 Å². The molecule has 0 bridgehead atoms. The molecule has 0 saturated heterocycles. The van der Waals surface area contributed by atoms with Crippen LogP contribution in [0.4, 0.5) is 0 Å². The summed E-state index contributed by atoms with van der Waals surface area (Å²) in [6.07, 6.45) is 2.57. The summed E-state index contributed by atoms with van der Waals surface area (Å²) in [7, 11) is 6.48. The molecule has 3 nitrogen and oxygen atoms in total. The van der Waals surface area contributed by atoms with Crippen LogP contribution >= 0.6 is 0 Å². The average Bonchev–Trinajstić information content (AvgIpc) is 2.20. The van der Waals surface area contributed by atoms with Crippen LogP contribution in [-0.2, 0) is 0 Å². The molecule has 0 heterocycles. The molecule has 0 amide bonds. The summed E-state index contributed by atoms with van der Waals surface area (Å²) in [4.78, 5) is 4.69. The lowest BCUT2D eigenvalue weighted by Crippen LogP contribution is -2.35. The molecule has 3 heteroatoms. The number of nitrogens with zero attached hydrogens (tertiary/aromatic N) is 2. The lowest BCUT2D eigenvalue weighted by Gasteiger charge is -2.26. The summed E-state index contributed by atoms with van der Waals surface area (Å²) in [5.41, 5.74) is 0. The SMILES string of the molecule is CCNCCCC(C)N(C)CCN(C)C. The fraction of sp³-hybridized carbons (Fsp3) is 1.00. The van der Waals surface area contributed by atoms with Gasteiger partial charge in [-0.15, -0.1) is 0 Å². The highest BCUT2D eigenvalue weighted by Gasteiger charge is 2.08. The number of nitrogens with one attached hydrogen (secondary N) is 1. The third-order valence-electron chi connectivity index (χ3n) is 2.88. The maximum atomic E-state index is 3.37. The Morgan fingerprint density at radius 3 is 2.33 bits per heavy atom. The molecule has 0 fully saturated rings. The Morgan fingerprint density at radius 1 is 1.13 bits per heavy atom. The Morgan fingerprint density at radius 2 is 1.80 bits per heavy atom. The number of hydrogen-bond acceptors (Lipinski definition) is 3. The molecule has 92 valence electrons. The second kappa shape index (κ2) is 9.13. The lowest BCUT2D eigenvalue weighted by atomic mass is 10.1. The first-order valence-electron chi connectivity index (χ1n) is 6.13. The van der Waals surface area contributed by atoms with Gasteiger partial charge in [-0.3, -0.25) is 0 Å². The van der Waals surface area contributed by atoms with E-state index in [0.29, 0.717) is 6.04 Å². The van der Waals surface area contributed by atoms with Gasteiger partial charge >= 0.3 is 0 Å². The molecule has 0 aromatic carbocycles. The van der Waals surface area contributed by atoms with Crippen LogP contribution < -0.4 is 5.32 Å². The molecule has 1 atom stereocenters. The van der Waals surface area contributed by atoms with Crippen molar-refractivity contribution in [3.63, 3.8) is 0 Å². The summed E-state index contributed by atoms with van der Waals surface area (Å²) in [6, 6.07) is 0.698. The van der Waals surface area contributed by atoms with Gasteiger partial charge in [0.15, 0.2) is 0 Å².